The molecule has 1 fully saturated rings. The summed E-state index contributed by atoms with van der Waals surface area (Å²) in [6, 6.07) is 5.22. The Labute approximate surface area is 261 Å². The second-order valence-corrected chi connectivity index (χ2v) is 10.0. The Hall–Kier alpha value is -3.89. The zero-order chi connectivity index (χ0) is 33.2. The van der Waals surface area contributed by atoms with Gasteiger partial charge in [0.25, 0.3) is 5.91 Å². The van der Waals surface area contributed by atoms with Gasteiger partial charge in [-0.3, -0.25) is 24.1 Å². The Balaban J connectivity index is 1.69. The number of imide groups is 1. The number of aryl methyl sites for hydroxylation is 1. The van der Waals surface area contributed by atoms with Crippen molar-refractivity contribution >= 4 is 30.2 Å². The second kappa shape index (κ2) is 20.2. The number of benzene rings is 1. The summed E-state index contributed by atoms with van der Waals surface area (Å²) in [5.41, 5.74) is 1.43. The van der Waals surface area contributed by atoms with Crippen molar-refractivity contribution in [1.29, 1.82) is 0 Å². The first-order chi connectivity index (χ1) is 21.5. The Morgan fingerprint density at radius 1 is 1.11 bits per heavy atom. The maximum atomic E-state index is 11.9. The molecular weight excluding hydrogens is 596 g/mol. The van der Waals surface area contributed by atoms with Gasteiger partial charge in [0.05, 0.1) is 25.9 Å². The summed E-state index contributed by atoms with van der Waals surface area (Å²) in [6.45, 7) is 4.47. The van der Waals surface area contributed by atoms with Crippen molar-refractivity contribution in [3.05, 3.63) is 41.5 Å². The van der Waals surface area contributed by atoms with Crippen molar-refractivity contribution in [3.8, 4) is 5.75 Å². The molecule has 3 amide bonds. The smallest absolute Gasteiger partial charge is 0.335 e. The summed E-state index contributed by atoms with van der Waals surface area (Å²) < 4.78 is 27.3. The van der Waals surface area contributed by atoms with E-state index in [9.17, 15) is 39.3 Å². The fourth-order valence-corrected chi connectivity index (χ4v) is 4.18. The Morgan fingerprint density at radius 3 is 2.51 bits per heavy atom. The van der Waals surface area contributed by atoms with Crippen molar-refractivity contribution < 1.29 is 63.0 Å². The number of nitrogens with one attached hydrogen (secondary N) is 1. The van der Waals surface area contributed by atoms with E-state index < -0.39 is 42.4 Å². The second-order valence-electron chi connectivity index (χ2n) is 10.0. The van der Waals surface area contributed by atoms with Crippen LogP contribution in [-0.4, -0.2) is 115 Å². The van der Waals surface area contributed by atoms with Crippen LogP contribution in [0.1, 0.15) is 44.2 Å². The van der Waals surface area contributed by atoms with Crippen LogP contribution in [-0.2, 0) is 55.9 Å². The van der Waals surface area contributed by atoms with Crippen molar-refractivity contribution in [2.75, 3.05) is 39.5 Å². The number of carboxylic acid groups (broad SMARTS) is 1. The molecule has 4 atom stereocenters. The Bertz CT molecular complexity index is 1160. The average Bonchev–Trinajstić information content (AvgIpc) is 2.99. The summed E-state index contributed by atoms with van der Waals surface area (Å²) in [6.07, 6.45) is -1.45. The molecule has 0 saturated carbocycles. The van der Waals surface area contributed by atoms with Crippen LogP contribution in [0, 0.1) is 0 Å². The number of amides is 3. The standard InChI is InChI=1S/C30H42N2O13/c1-3-5-26(37)32(19-33)11-9-25(36)31-10-13-42-15-14-41-12-4-6-21-7-8-24(22(16-21)18-43-20(2)34)44-27-17-23(35)28(38)29(45-27)30(39)40/h3,5,7-8,16,19,23,27-29,35,38H,4,6,9-15,17-18H2,1-2H3,(H,31,36)(H,39,40)/b5-3-/t23?,27?,28-,29?/m0/s1. The van der Waals surface area contributed by atoms with Crippen LogP contribution in [0.2, 0.25) is 0 Å². The molecule has 0 bridgehead atoms. The number of nitrogens with zero attached hydrogens (tertiary/aromatic N) is 1. The summed E-state index contributed by atoms with van der Waals surface area (Å²) in [5, 5.41) is 31.8. The van der Waals surface area contributed by atoms with Gasteiger partial charge < -0.3 is 44.3 Å². The molecule has 1 aromatic rings. The van der Waals surface area contributed by atoms with Gasteiger partial charge in [0.1, 0.15) is 18.5 Å². The molecule has 0 aliphatic carbocycles. The molecule has 0 radical (unpaired) electrons. The van der Waals surface area contributed by atoms with Crippen LogP contribution in [0.5, 0.6) is 5.75 Å². The fraction of sp³-hybridized carbons (Fsp3) is 0.567. The molecule has 0 aromatic heterocycles. The first-order valence-electron chi connectivity index (χ1n) is 14.5. The van der Waals surface area contributed by atoms with Gasteiger partial charge in [0, 0.05) is 45.0 Å². The van der Waals surface area contributed by atoms with Crippen molar-refractivity contribution in [3.63, 3.8) is 0 Å². The van der Waals surface area contributed by atoms with Gasteiger partial charge in [-0.1, -0.05) is 12.1 Å². The number of ether oxygens (including phenoxy) is 5. The molecule has 1 saturated heterocycles. The van der Waals surface area contributed by atoms with E-state index >= 15 is 0 Å². The maximum absolute atomic E-state index is 11.9. The number of aliphatic carboxylic acids is 1. The van der Waals surface area contributed by atoms with E-state index in [-0.39, 0.29) is 50.8 Å². The molecule has 2 rings (SSSR count). The van der Waals surface area contributed by atoms with Gasteiger partial charge in [0.2, 0.25) is 18.6 Å². The third-order valence-corrected chi connectivity index (χ3v) is 6.49. The number of carboxylic acids is 1. The first-order valence-corrected chi connectivity index (χ1v) is 14.5. The number of allylic oxidation sites excluding steroid dienone is 1. The number of aliphatic hydroxyl groups is 2. The zero-order valence-electron chi connectivity index (χ0n) is 25.4. The van der Waals surface area contributed by atoms with Gasteiger partial charge in [-0.05, 0) is 43.5 Å². The lowest BCUT2D eigenvalue weighted by molar-refractivity contribution is -0.228. The van der Waals surface area contributed by atoms with E-state index in [0.29, 0.717) is 44.6 Å². The third-order valence-electron chi connectivity index (χ3n) is 6.49. The quantitative estimate of drug-likeness (QED) is 0.0647. The minimum Gasteiger partial charge on any atom is -0.479 e. The average molecular weight is 639 g/mol. The summed E-state index contributed by atoms with van der Waals surface area (Å²) >= 11 is 0. The van der Waals surface area contributed by atoms with E-state index in [0.717, 1.165) is 10.5 Å². The van der Waals surface area contributed by atoms with Crippen molar-refractivity contribution in [2.24, 2.45) is 0 Å². The highest BCUT2D eigenvalue weighted by molar-refractivity contribution is 5.94. The lowest BCUT2D eigenvalue weighted by Gasteiger charge is -2.35. The maximum Gasteiger partial charge on any atom is 0.335 e. The zero-order valence-corrected chi connectivity index (χ0v) is 25.4. The highest BCUT2D eigenvalue weighted by Gasteiger charge is 2.42. The summed E-state index contributed by atoms with van der Waals surface area (Å²) in [5.74, 6) is -2.44. The van der Waals surface area contributed by atoms with Gasteiger partial charge in [0.15, 0.2) is 6.10 Å². The lowest BCUT2D eigenvalue weighted by Crippen LogP contribution is -2.53. The number of carbonyl (C=O) groups excluding carboxylic acids is 4. The van der Waals surface area contributed by atoms with Gasteiger partial charge in [-0.25, -0.2) is 4.79 Å². The first kappa shape index (κ1) is 37.3. The largest absolute Gasteiger partial charge is 0.479 e. The highest BCUT2D eigenvalue weighted by Crippen LogP contribution is 2.28. The van der Waals surface area contributed by atoms with Crippen LogP contribution in [0.25, 0.3) is 0 Å². The number of hydrogen-bond acceptors (Lipinski definition) is 12. The summed E-state index contributed by atoms with van der Waals surface area (Å²) in [7, 11) is 0. The predicted molar refractivity (Wildman–Crippen MR) is 156 cm³/mol. The predicted octanol–water partition coefficient (Wildman–Crippen LogP) is 0.0831. The van der Waals surface area contributed by atoms with Gasteiger partial charge >= 0.3 is 11.9 Å². The minimum absolute atomic E-state index is 0.0105. The number of carbonyl (C=O) groups is 5. The van der Waals surface area contributed by atoms with Crippen LogP contribution < -0.4 is 10.1 Å². The SMILES string of the molecule is C/C=C\C(=O)N(C=O)CCC(=O)NCCOCCOCCCc1ccc(OC2CC(O)[C@H](O)C(C(=O)O)O2)c(COC(C)=O)c1. The molecule has 15 nitrogen and oxygen atoms in total. The molecule has 1 heterocycles. The monoisotopic (exact) mass is 638 g/mol. The highest BCUT2D eigenvalue weighted by atomic mass is 16.7. The molecule has 4 N–H and O–H groups in total. The van der Waals surface area contributed by atoms with Crippen molar-refractivity contribution in [1.82, 2.24) is 10.2 Å². The normalized spacial score (nSPS) is 19.6. The van der Waals surface area contributed by atoms with Crippen LogP contribution in [0.15, 0.2) is 30.4 Å². The van der Waals surface area contributed by atoms with E-state index in [1.54, 1.807) is 25.1 Å². The van der Waals surface area contributed by atoms with Crippen LogP contribution in [0.3, 0.4) is 0 Å². The van der Waals surface area contributed by atoms with Crippen LogP contribution in [0.4, 0.5) is 0 Å². The molecule has 1 aliphatic heterocycles. The Kier molecular flexibility index (Phi) is 16.7. The number of esters is 1. The number of hydrogen-bond donors (Lipinski definition) is 4. The molecule has 250 valence electrons. The number of aliphatic hydroxyl groups excluding tert-OH is 2. The topological polar surface area (TPSA) is 207 Å². The van der Waals surface area contributed by atoms with E-state index in [1.165, 1.54) is 19.1 Å². The molecule has 45 heavy (non-hydrogen) atoms. The van der Waals surface area contributed by atoms with Crippen LogP contribution >= 0.6 is 0 Å². The van der Waals surface area contributed by atoms with E-state index in [2.05, 4.69) is 5.32 Å². The molecule has 3 unspecified atom stereocenters. The van der Waals surface area contributed by atoms with E-state index in [4.69, 9.17) is 23.7 Å². The van der Waals surface area contributed by atoms with Crippen molar-refractivity contribution in [2.45, 2.75) is 70.7 Å². The molecule has 1 aliphatic rings. The molecule has 15 heteroatoms. The summed E-state index contributed by atoms with van der Waals surface area (Å²) in [4.78, 5) is 58.2. The third kappa shape index (κ3) is 13.7. The fourth-order valence-electron chi connectivity index (χ4n) is 4.18. The molecule has 1 aromatic carbocycles. The van der Waals surface area contributed by atoms with Gasteiger partial charge in [-0.2, -0.15) is 0 Å². The number of rotatable bonds is 20. The minimum atomic E-state index is -1.65. The van der Waals surface area contributed by atoms with Gasteiger partial charge in [-0.15, -0.1) is 0 Å². The lowest BCUT2D eigenvalue weighted by atomic mass is 10.0. The molecule has 0 spiro atoms. The molecular formula is C30H42N2O13. The van der Waals surface area contributed by atoms with E-state index in [1.807, 2.05) is 0 Å². The Morgan fingerprint density at radius 2 is 1.84 bits per heavy atom.